The highest BCUT2D eigenvalue weighted by Gasteiger charge is 2.23. The minimum atomic E-state index is 0.328. The zero-order valence-electron chi connectivity index (χ0n) is 15.4. The maximum Gasteiger partial charge on any atom is 0.224 e. The zero-order valence-corrected chi connectivity index (χ0v) is 17.0. The van der Waals surface area contributed by atoms with Crippen LogP contribution >= 0.6 is 22.9 Å². The van der Waals surface area contributed by atoms with Gasteiger partial charge in [-0.1, -0.05) is 0 Å². The molecule has 2 aromatic heterocycles. The van der Waals surface area contributed by atoms with Crippen molar-refractivity contribution < 1.29 is 4.74 Å². The number of piperidine rings is 1. The Morgan fingerprint density at radius 1 is 1.27 bits per heavy atom. The van der Waals surface area contributed by atoms with E-state index in [9.17, 15) is 0 Å². The van der Waals surface area contributed by atoms with Gasteiger partial charge in [-0.25, -0.2) is 4.98 Å². The van der Waals surface area contributed by atoms with Gasteiger partial charge in [0.15, 0.2) is 5.82 Å². The average molecular weight is 396 g/mol. The predicted molar refractivity (Wildman–Crippen MR) is 107 cm³/mol. The maximum atomic E-state index is 6.21. The number of likely N-dealkylation sites (tertiary alicyclic amines) is 1. The van der Waals surface area contributed by atoms with Crippen LogP contribution in [-0.4, -0.2) is 79.3 Å². The summed E-state index contributed by atoms with van der Waals surface area (Å²) in [5.74, 6) is 0.962. The van der Waals surface area contributed by atoms with Gasteiger partial charge >= 0.3 is 0 Å². The smallest absolute Gasteiger partial charge is 0.224 e. The molecule has 2 aromatic rings. The predicted octanol–water partition coefficient (Wildman–Crippen LogP) is 2.71. The summed E-state index contributed by atoms with van der Waals surface area (Å²) in [6.07, 6.45) is 2.55. The summed E-state index contributed by atoms with van der Waals surface area (Å²) in [5, 5.41) is 0.328. The summed E-state index contributed by atoms with van der Waals surface area (Å²) in [5.41, 5.74) is 0.965. The lowest BCUT2D eigenvalue weighted by molar-refractivity contribution is 0.122. The van der Waals surface area contributed by atoms with Crippen molar-refractivity contribution in [1.82, 2.24) is 19.8 Å². The Balaban J connectivity index is 1.57. The van der Waals surface area contributed by atoms with Gasteiger partial charge < -0.3 is 14.5 Å². The molecule has 0 aromatic carbocycles. The molecule has 0 saturated carbocycles. The van der Waals surface area contributed by atoms with Gasteiger partial charge in [-0.2, -0.15) is 4.98 Å². The highest BCUT2D eigenvalue weighted by atomic mass is 35.5. The molecular formula is C18H26ClN5OS. The number of morpholine rings is 1. The molecule has 6 nitrogen and oxygen atoms in total. The van der Waals surface area contributed by atoms with Crippen molar-refractivity contribution in [2.24, 2.45) is 0 Å². The first-order valence-electron chi connectivity index (χ1n) is 9.27. The first kappa shape index (κ1) is 18.4. The number of halogens is 1. The second-order valence-electron chi connectivity index (χ2n) is 7.34. The van der Waals surface area contributed by atoms with Gasteiger partial charge in [-0.05, 0) is 51.1 Å². The van der Waals surface area contributed by atoms with Crippen molar-refractivity contribution in [1.29, 1.82) is 0 Å². The zero-order chi connectivity index (χ0) is 18.1. The van der Waals surface area contributed by atoms with Crippen molar-refractivity contribution >= 4 is 39.0 Å². The molecule has 1 unspecified atom stereocenters. The number of ether oxygens (including phenoxy) is 1. The topological polar surface area (TPSA) is 44.7 Å². The van der Waals surface area contributed by atoms with E-state index in [1.165, 1.54) is 24.3 Å². The van der Waals surface area contributed by atoms with E-state index < -0.39 is 0 Å². The molecular weight excluding hydrogens is 370 g/mol. The number of anilines is 1. The molecule has 4 rings (SSSR count). The van der Waals surface area contributed by atoms with Gasteiger partial charge in [0.25, 0.3) is 0 Å². The standard InChI is InChI=1S/C18H26ClN5OS/c1-22(2)13-4-3-5-23(11-13)12-14-10-15-16(26-14)17(21-18(19)20-15)24-6-8-25-9-7-24/h10,13H,3-9,11-12H2,1-2H3. The quantitative estimate of drug-likeness (QED) is 0.742. The van der Waals surface area contributed by atoms with Crippen molar-refractivity contribution in [3.8, 4) is 0 Å². The van der Waals surface area contributed by atoms with E-state index in [-0.39, 0.29) is 0 Å². The van der Waals surface area contributed by atoms with Crippen molar-refractivity contribution in [2.75, 3.05) is 58.4 Å². The van der Waals surface area contributed by atoms with Crippen molar-refractivity contribution in [3.63, 3.8) is 0 Å². The highest BCUT2D eigenvalue weighted by molar-refractivity contribution is 7.19. The Bertz CT molecular complexity index is 761. The van der Waals surface area contributed by atoms with Crippen LogP contribution in [0.1, 0.15) is 17.7 Å². The van der Waals surface area contributed by atoms with Crippen molar-refractivity contribution in [3.05, 3.63) is 16.2 Å². The summed E-state index contributed by atoms with van der Waals surface area (Å²) < 4.78 is 6.62. The summed E-state index contributed by atoms with van der Waals surface area (Å²) in [7, 11) is 4.36. The van der Waals surface area contributed by atoms with Gasteiger partial charge in [-0.3, -0.25) is 4.90 Å². The monoisotopic (exact) mass is 395 g/mol. The molecule has 0 radical (unpaired) electrons. The van der Waals surface area contributed by atoms with E-state index in [2.05, 4.69) is 44.8 Å². The first-order valence-corrected chi connectivity index (χ1v) is 10.5. The van der Waals surface area contributed by atoms with E-state index >= 15 is 0 Å². The molecule has 0 amide bonds. The van der Waals surface area contributed by atoms with Crippen LogP contribution in [0.4, 0.5) is 5.82 Å². The number of fused-ring (bicyclic) bond motifs is 1. The van der Waals surface area contributed by atoms with Crippen LogP contribution in [0.5, 0.6) is 0 Å². The minimum Gasteiger partial charge on any atom is -0.378 e. The highest BCUT2D eigenvalue weighted by Crippen LogP contribution is 2.34. The second kappa shape index (κ2) is 7.94. The number of nitrogens with zero attached hydrogens (tertiary/aromatic N) is 5. The molecule has 26 heavy (non-hydrogen) atoms. The van der Waals surface area contributed by atoms with Gasteiger partial charge in [0.1, 0.15) is 0 Å². The third-order valence-electron chi connectivity index (χ3n) is 5.28. The Morgan fingerprint density at radius 2 is 2.08 bits per heavy atom. The third kappa shape index (κ3) is 3.97. The Labute approximate surface area is 163 Å². The van der Waals surface area contributed by atoms with Crippen molar-refractivity contribution in [2.45, 2.75) is 25.4 Å². The molecule has 1 atom stereocenters. The van der Waals surface area contributed by atoms with Gasteiger partial charge in [0.05, 0.1) is 23.4 Å². The Morgan fingerprint density at radius 3 is 2.85 bits per heavy atom. The lowest BCUT2D eigenvalue weighted by Crippen LogP contribution is -2.44. The van der Waals surface area contributed by atoms with Gasteiger partial charge in [-0.15, -0.1) is 11.3 Å². The van der Waals surface area contributed by atoms with Gasteiger partial charge in [0.2, 0.25) is 5.28 Å². The summed E-state index contributed by atoms with van der Waals surface area (Å²) in [4.78, 5) is 17.5. The summed E-state index contributed by atoms with van der Waals surface area (Å²) >= 11 is 8.01. The molecule has 0 N–H and O–H groups in total. The molecule has 8 heteroatoms. The molecule has 4 heterocycles. The number of rotatable bonds is 4. The van der Waals surface area contributed by atoms with Crippen LogP contribution in [0.15, 0.2) is 6.07 Å². The molecule has 2 fully saturated rings. The van der Waals surface area contributed by atoms with Crippen LogP contribution in [0.2, 0.25) is 5.28 Å². The molecule has 2 aliphatic heterocycles. The van der Waals surface area contributed by atoms with E-state index in [4.69, 9.17) is 16.3 Å². The lowest BCUT2D eigenvalue weighted by Gasteiger charge is -2.35. The first-order chi connectivity index (χ1) is 12.6. The number of likely N-dealkylation sites (N-methyl/N-ethyl adjacent to an activating group) is 1. The van der Waals surface area contributed by atoms with Crippen LogP contribution in [0.25, 0.3) is 10.2 Å². The minimum absolute atomic E-state index is 0.328. The SMILES string of the molecule is CN(C)C1CCCN(Cc2cc3nc(Cl)nc(N4CCOCC4)c3s2)C1. The normalized spacial score (nSPS) is 22.5. The second-order valence-corrected chi connectivity index (χ2v) is 8.81. The molecule has 0 aliphatic carbocycles. The molecule has 2 saturated heterocycles. The number of hydrogen-bond acceptors (Lipinski definition) is 7. The van der Waals surface area contributed by atoms with Crippen LogP contribution in [0, 0.1) is 0 Å². The van der Waals surface area contributed by atoms with Gasteiger partial charge in [0, 0.05) is 37.1 Å². The molecule has 0 spiro atoms. The molecule has 2 aliphatic rings. The Hall–Kier alpha value is -0.990. The fourth-order valence-electron chi connectivity index (χ4n) is 3.82. The number of aromatic nitrogens is 2. The Kier molecular flexibility index (Phi) is 5.61. The van der Waals surface area contributed by atoms with Crippen LogP contribution < -0.4 is 4.90 Å². The molecule has 0 bridgehead atoms. The van der Waals surface area contributed by atoms with E-state index in [0.717, 1.165) is 55.4 Å². The number of thiophene rings is 1. The van der Waals surface area contributed by atoms with Crippen LogP contribution in [0.3, 0.4) is 0 Å². The molecule has 142 valence electrons. The average Bonchev–Trinajstić information content (AvgIpc) is 3.04. The lowest BCUT2D eigenvalue weighted by atomic mass is 10.1. The fraction of sp³-hybridized carbons (Fsp3) is 0.667. The van der Waals surface area contributed by atoms with E-state index in [1.54, 1.807) is 0 Å². The summed E-state index contributed by atoms with van der Waals surface area (Å²) in [6, 6.07) is 2.84. The van der Waals surface area contributed by atoms with E-state index in [1.807, 2.05) is 11.3 Å². The third-order valence-corrected chi connectivity index (χ3v) is 6.55. The maximum absolute atomic E-state index is 6.21. The fourth-order valence-corrected chi connectivity index (χ4v) is 5.15. The summed E-state index contributed by atoms with van der Waals surface area (Å²) in [6.45, 7) is 6.46. The van der Waals surface area contributed by atoms with Crippen LogP contribution in [-0.2, 0) is 11.3 Å². The number of hydrogen-bond donors (Lipinski definition) is 0. The largest absolute Gasteiger partial charge is 0.378 e. The van der Waals surface area contributed by atoms with E-state index in [0.29, 0.717) is 11.3 Å².